The molecule has 0 unspecified atom stereocenters. The smallest absolute Gasteiger partial charge is 0.214 e. The summed E-state index contributed by atoms with van der Waals surface area (Å²) in [5, 5.41) is -0.179. The van der Waals surface area contributed by atoms with Crippen molar-refractivity contribution in [3.05, 3.63) is 29.8 Å². The minimum atomic E-state index is -3.12. The highest BCUT2D eigenvalue weighted by Gasteiger charge is 2.35. The summed E-state index contributed by atoms with van der Waals surface area (Å²) < 4.78 is 31.0. The van der Waals surface area contributed by atoms with E-state index in [9.17, 15) is 8.42 Å². The van der Waals surface area contributed by atoms with E-state index in [0.29, 0.717) is 12.3 Å². The van der Waals surface area contributed by atoms with Crippen molar-refractivity contribution in [1.29, 1.82) is 0 Å². The molecule has 2 rings (SSSR count). The lowest BCUT2D eigenvalue weighted by Crippen LogP contribution is -2.26. The fourth-order valence-electron chi connectivity index (χ4n) is 1.52. The summed E-state index contributed by atoms with van der Waals surface area (Å²) in [5.74, 6) is 0.709. The average Bonchev–Trinajstić information content (AvgIpc) is 3.11. The van der Waals surface area contributed by atoms with Crippen molar-refractivity contribution in [2.24, 2.45) is 0 Å². The van der Waals surface area contributed by atoms with Crippen LogP contribution in [0, 0.1) is 0 Å². The summed E-state index contributed by atoms with van der Waals surface area (Å²) in [6.07, 6.45) is 1.56. The van der Waals surface area contributed by atoms with Gasteiger partial charge in [0.2, 0.25) is 10.0 Å². The molecule has 1 aliphatic rings. The van der Waals surface area contributed by atoms with Gasteiger partial charge in [0.15, 0.2) is 0 Å². The maximum absolute atomic E-state index is 11.6. The molecule has 0 heterocycles. The molecule has 4 nitrogen and oxygen atoms in total. The van der Waals surface area contributed by atoms with Gasteiger partial charge in [0.1, 0.15) is 5.75 Å². The van der Waals surface area contributed by atoms with Gasteiger partial charge < -0.3 is 4.74 Å². The largest absolute Gasteiger partial charge is 0.496 e. The number of hydrogen-bond acceptors (Lipinski definition) is 3. The SMILES string of the molecule is COc1ccccc1CNS(=O)(=O)C1CC1. The highest BCUT2D eigenvalue weighted by atomic mass is 32.2. The van der Waals surface area contributed by atoms with E-state index in [1.54, 1.807) is 7.11 Å². The van der Waals surface area contributed by atoms with Crippen LogP contribution in [-0.2, 0) is 16.6 Å². The zero-order valence-corrected chi connectivity index (χ0v) is 9.96. The zero-order valence-electron chi connectivity index (χ0n) is 9.14. The lowest BCUT2D eigenvalue weighted by atomic mass is 10.2. The zero-order chi connectivity index (χ0) is 11.6. The van der Waals surface area contributed by atoms with Gasteiger partial charge in [-0.2, -0.15) is 0 Å². The lowest BCUT2D eigenvalue weighted by Gasteiger charge is -2.09. The van der Waals surface area contributed by atoms with Crippen LogP contribution in [0.4, 0.5) is 0 Å². The summed E-state index contributed by atoms with van der Waals surface area (Å²) in [5.41, 5.74) is 0.856. The first-order valence-corrected chi connectivity index (χ1v) is 6.78. The van der Waals surface area contributed by atoms with E-state index < -0.39 is 10.0 Å². The van der Waals surface area contributed by atoms with Gasteiger partial charge in [0.05, 0.1) is 12.4 Å². The molecule has 0 atom stereocenters. The van der Waals surface area contributed by atoms with E-state index in [0.717, 1.165) is 18.4 Å². The molecule has 16 heavy (non-hydrogen) atoms. The highest BCUT2D eigenvalue weighted by molar-refractivity contribution is 7.90. The van der Waals surface area contributed by atoms with Gasteiger partial charge in [-0.15, -0.1) is 0 Å². The Labute approximate surface area is 95.7 Å². The second kappa shape index (κ2) is 4.43. The second-order valence-electron chi connectivity index (χ2n) is 3.88. The second-order valence-corrected chi connectivity index (χ2v) is 5.92. The number of hydrogen-bond donors (Lipinski definition) is 1. The Bertz CT molecular complexity index is 466. The van der Waals surface area contributed by atoms with Crippen LogP contribution in [0.15, 0.2) is 24.3 Å². The molecule has 0 radical (unpaired) electrons. The molecular formula is C11H15NO3S. The molecule has 1 aromatic rings. The van der Waals surface area contributed by atoms with Crippen molar-refractivity contribution in [2.75, 3.05) is 7.11 Å². The molecule has 1 aromatic carbocycles. The van der Waals surface area contributed by atoms with Crippen molar-refractivity contribution >= 4 is 10.0 Å². The normalized spacial score (nSPS) is 16.1. The maximum Gasteiger partial charge on any atom is 0.214 e. The first-order chi connectivity index (χ1) is 7.63. The van der Waals surface area contributed by atoms with Crippen molar-refractivity contribution in [3.8, 4) is 5.75 Å². The van der Waals surface area contributed by atoms with E-state index in [1.165, 1.54) is 0 Å². The Morgan fingerprint density at radius 1 is 1.38 bits per heavy atom. The van der Waals surface area contributed by atoms with Crippen molar-refractivity contribution in [1.82, 2.24) is 4.72 Å². The van der Waals surface area contributed by atoms with Crippen molar-refractivity contribution < 1.29 is 13.2 Å². The fraction of sp³-hybridized carbons (Fsp3) is 0.455. The fourth-order valence-corrected chi connectivity index (χ4v) is 2.87. The third-order valence-electron chi connectivity index (χ3n) is 2.62. The quantitative estimate of drug-likeness (QED) is 0.844. The molecule has 88 valence electrons. The standard InChI is InChI=1S/C11H15NO3S/c1-15-11-5-3-2-4-9(11)8-12-16(13,14)10-6-7-10/h2-5,10,12H,6-8H2,1H3. The number of para-hydroxylation sites is 1. The van der Waals surface area contributed by atoms with Crippen LogP contribution < -0.4 is 9.46 Å². The number of rotatable bonds is 5. The lowest BCUT2D eigenvalue weighted by molar-refractivity contribution is 0.409. The highest BCUT2D eigenvalue weighted by Crippen LogP contribution is 2.28. The van der Waals surface area contributed by atoms with Gasteiger partial charge >= 0.3 is 0 Å². The maximum atomic E-state index is 11.6. The van der Waals surface area contributed by atoms with Gasteiger partial charge in [0.25, 0.3) is 0 Å². The summed E-state index contributed by atoms with van der Waals surface area (Å²) in [7, 11) is -1.54. The third-order valence-corrected chi connectivity index (χ3v) is 4.52. The topological polar surface area (TPSA) is 55.4 Å². The summed E-state index contributed by atoms with van der Waals surface area (Å²) in [6.45, 7) is 0.294. The molecule has 5 heteroatoms. The number of nitrogens with one attached hydrogen (secondary N) is 1. The predicted octanol–water partition coefficient (Wildman–Crippen LogP) is 1.28. The molecule has 0 bridgehead atoms. The molecule has 0 spiro atoms. The van der Waals surface area contributed by atoms with Crippen LogP contribution in [0.3, 0.4) is 0 Å². The van der Waals surface area contributed by atoms with Gasteiger partial charge in [-0.1, -0.05) is 18.2 Å². The van der Waals surface area contributed by atoms with Crippen LogP contribution in [0.25, 0.3) is 0 Å². The molecule has 1 saturated carbocycles. The van der Waals surface area contributed by atoms with Crippen LogP contribution in [0.1, 0.15) is 18.4 Å². The Morgan fingerprint density at radius 2 is 2.06 bits per heavy atom. The number of sulfonamides is 1. The predicted molar refractivity (Wildman–Crippen MR) is 61.8 cm³/mol. The molecule has 1 N–H and O–H groups in total. The van der Waals surface area contributed by atoms with Gasteiger partial charge in [-0.05, 0) is 18.9 Å². The third kappa shape index (κ3) is 2.54. The Hall–Kier alpha value is -1.07. The molecule has 0 aromatic heterocycles. The first-order valence-electron chi connectivity index (χ1n) is 5.24. The monoisotopic (exact) mass is 241 g/mol. The van der Waals surface area contributed by atoms with Crippen molar-refractivity contribution in [2.45, 2.75) is 24.6 Å². The number of benzene rings is 1. The Kier molecular flexibility index (Phi) is 3.16. The summed E-state index contributed by atoms with van der Waals surface area (Å²) in [4.78, 5) is 0. The first kappa shape index (κ1) is 11.4. The summed E-state index contributed by atoms with van der Waals surface area (Å²) >= 11 is 0. The Morgan fingerprint density at radius 3 is 2.69 bits per heavy atom. The molecule has 1 aliphatic carbocycles. The van der Waals surface area contributed by atoms with Gasteiger partial charge in [-0.3, -0.25) is 0 Å². The van der Waals surface area contributed by atoms with E-state index in [2.05, 4.69) is 4.72 Å². The van der Waals surface area contributed by atoms with Gasteiger partial charge in [-0.25, -0.2) is 13.1 Å². The van der Waals surface area contributed by atoms with Crippen LogP contribution in [0.5, 0.6) is 5.75 Å². The van der Waals surface area contributed by atoms with E-state index in [-0.39, 0.29) is 5.25 Å². The molecule has 0 saturated heterocycles. The Balaban J connectivity index is 2.04. The molecule has 1 fully saturated rings. The van der Waals surface area contributed by atoms with E-state index in [1.807, 2.05) is 24.3 Å². The minimum absolute atomic E-state index is 0.179. The number of ether oxygens (including phenoxy) is 1. The average molecular weight is 241 g/mol. The number of methoxy groups -OCH3 is 1. The van der Waals surface area contributed by atoms with E-state index in [4.69, 9.17) is 4.74 Å². The van der Waals surface area contributed by atoms with Crippen molar-refractivity contribution in [3.63, 3.8) is 0 Å². The minimum Gasteiger partial charge on any atom is -0.496 e. The summed E-state index contributed by atoms with van der Waals surface area (Å²) in [6, 6.07) is 7.40. The molecule has 0 amide bonds. The van der Waals surface area contributed by atoms with Crippen LogP contribution in [0.2, 0.25) is 0 Å². The molecule has 0 aliphatic heterocycles. The van der Waals surface area contributed by atoms with Crippen LogP contribution >= 0.6 is 0 Å². The van der Waals surface area contributed by atoms with Gasteiger partial charge in [0, 0.05) is 12.1 Å². The molecular weight excluding hydrogens is 226 g/mol. The van der Waals surface area contributed by atoms with Crippen LogP contribution in [-0.4, -0.2) is 20.8 Å². The van der Waals surface area contributed by atoms with E-state index >= 15 is 0 Å².